The van der Waals surface area contributed by atoms with Crippen molar-refractivity contribution in [2.45, 2.75) is 33.4 Å². The zero-order valence-corrected chi connectivity index (χ0v) is 11.3. The van der Waals surface area contributed by atoms with Gasteiger partial charge in [-0.15, -0.1) is 0 Å². The second kappa shape index (κ2) is 9.53. The molecule has 0 heterocycles. The number of nitriles is 1. The van der Waals surface area contributed by atoms with Gasteiger partial charge < -0.3 is 5.11 Å². The second-order valence-corrected chi connectivity index (χ2v) is 4.06. The molecule has 0 bridgehead atoms. The van der Waals surface area contributed by atoms with Crippen molar-refractivity contribution in [3.05, 3.63) is 34.4 Å². The minimum Gasteiger partial charge on any atom is -0.481 e. The molecule has 7 heteroatoms. The predicted molar refractivity (Wildman–Crippen MR) is 68.5 cm³/mol. The summed E-state index contributed by atoms with van der Waals surface area (Å²) in [6.45, 7) is -1.30. The molecule has 0 aliphatic heterocycles. The second-order valence-electron chi connectivity index (χ2n) is 4.06. The van der Waals surface area contributed by atoms with Gasteiger partial charge in [0.15, 0.2) is 0 Å². The molecule has 0 aliphatic rings. The van der Waals surface area contributed by atoms with Crippen molar-refractivity contribution in [2.75, 3.05) is 0 Å². The van der Waals surface area contributed by atoms with E-state index in [4.69, 9.17) is 10.4 Å². The lowest BCUT2D eigenvalue weighted by atomic mass is 10.0. The highest BCUT2D eigenvalue weighted by atomic mass is 19.1. The average Bonchev–Trinajstić information content (AvgIpc) is 2.44. The van der Waals surface area contributed by atoms with Crippen molar-refractivity contribution in [3.8, 4) is 6.07 Å². The molecule has 1 aromatic carbocycles. The van der Waals surface area contributed by atoms with Gasteiger partial charge in [0.25, 0.3) is 0 Å². The first-order valence-corrected chi connectivity index (χ1v) is 5.83. The molecule has 0 atom stereocenters. The van der Waals surface area contributed by atoms with Crippen molar-refractivity contribution in [2.24, 2.45) is 0 Å². The minimum absolute atomic E-state index is 0.0670. The number of Topliss-reactive ketones (excluding diaryl/α,β-unsaturated/α-hetero) is 1. The molecule has 0 aromatic heterocycles. The molecule has 114 valence electrons. The Morgan fingerprint density at radius 3 is 1.86 bits per heavy atom. The van der Waals surface area contributed by atoms with Gasteiger partial charge in [-0.05, 0) is 30.2 Å². The number of hydrogen-bond acceptors (Lipinski definition) is 3. The van der Waals surface area contributed by atoms with E-state index in [-0.39, 0.29) is 34.5 Å². The molecule has 0 spiro atoms. The van der Waals surface area contributed by atoms with Crippen LogP contribution in [0, 0.1) is 11.3 Å². The van der Waals surface area contributed by atoms with Crippen LogP contribution in [-0.4, -0.2) is 16.9 Å². The van der Waals surface area contributed by atoms with E-state index in [0.717, 1.165) is 0 Å². The van der Waals surface area contributed by atoms with Gasteiger partial charge >= 0.3 is 5.97 Å². The van der Waals surface area contributed by atoms with Gasteiger partial charge in [0.2, 0.25) is 0 Å². The molecule has 0 aliphatic carbocycles. The van der Waals surface area contributed by atoms with Crippen LogP contribution in [0.5, 0.6) is 0 Å². The zero-order valence-electron chi connectivity index (χ0n) is 11.3. The van der Waals surface area contributed by atoms with Crippen molar-refractivity contribution in [1.29, 1.82) is 5.26 Å². The van der Waals surface area contributed by atoms with Crippen LogP contribution in [0.4, 0.5) is 13.2 Å². The van der Waals surface area contributed by atoms with Crippen molar-refractivity contribution in [3.63, 3.8) is 0 Å². The number of alkyl halides is 3. The fourth-order valence-corrected chi connectivity index (χ4v) is 1.42. The van der Waals surface area contributed by atoms with E-state index in [9.17, 15) is 22.8 Å². The van der Waals surface area contributed by atoms with Crippen LogP contribution in [0.25, 0.3) is 0 Å². The largest absolute Gasteiger partial charge is 0.481 e. The Balaban J connectivity index is 0.000000486. The van der Waals surface area contributed by atoms with Crippen molar-refractivity contribution >= 4 is 11.8 Å². The minimum atomic E-state index is -1.06. The van der Waals surface area contributed by atoms with Crippen LogP contribution in [-0.2, 0) is 29.6 Å². The summed E-state index contributed by atoms with van der Waals surface area (Å²) in [7, 11) is 0. The first-order chi connectivity index (χ1) is 9.89. The van der Waals surface area contributed by atoms with E-state index >= 15 is 0 Å². The Morgan fingerprint density at radius 2 is 1.57 bits per heavy atom. The van der Waals surface area contributed by atoms with Gasteiger partial charge in [-0.1, -0.05) is 0 Å². The van der Waals surface area contributed by atoms with Gasteiger partial charge in [-0.25, -0.2) is 13.2 Å². The maximum atomic E-state index is 12.4. The number of benzene rings is 1. The van der Waals surface area contributed by atoms with Crippen LogP contribution >= 0.6 is 0 Å². The summed E-state index contributed by atoms with van der Waals surface area (Å²) in [5.74, 6) is -1.37. The summed E-state index contributed by atoms with van der Waals surface area (Å²) < 4.78 is 37.1. The maximum Gasteiger partial charge on any atom is 0.310 e. The normalized spacial score (nSPS) is 9.29. The molecular formula is C14H14F3NO3. The van der Waals surface area contributed by atoms with Crippen LogP contribution in [0.15, 0.2) is 12.1 Å². The van der Waals surface area contributed by atoms with Gasteiger partial charge in [0, 0.05) is 5.56 Å². The molecule has 21 heavy (non-hydrogen) atoms. The molecule has 0 fully saturated rings. The third-order valence-corrected chi connectivity index (χ3v) is 2.38. The van der Waals surface area contributed by atoms with Gasteiger partial charge in [0.05, 0.1) is 11.6 Å². The van der Waals surface area contributed by atoms with Crippen molar-refractivity contribution in [1.82, 2.24) is 0 Å². The Kier molecular flexibility index (Phi) is 8.46. The fourth-order valence-electron chi connectivity index (χ4n) is 1.42. The van der Waals surface area contributed by atoms with E-state index in [0.29, 0.717) is 0 Å². The fraction of sp³-hybridized carbons (Fsp3) is 0.357. The van der Waals surface area contributed by atoms with E-state index in [1.165, 1.54) is 19.1 Å². The Hall–Kier alpha value is -2.36. The number of carbonyl (C=O) groups excluding carboxylic acids is 1. The number of rotatable bonds is 5. The topological polar surface area (TPSA) is 78.2 Å². The van der Waals surface area contributed by atoms with E-state index in [2.05, 4.69) is 0 Å². The first-order valence-electron chi connectivity index (χ1n) is 5.83. The standard InChI is InChI=1S/C10H8F3N.C4H6O3/c11-3-7-1-9(5-13)10(6-14)2-8(7)4-12;1-3(5)2-4(6)7/h1-2H,3-5H2;2H2,1H3,(H,6,7). The summed E-state index contributed by atoms with van der Waals surface area (Å²) in [6, 6.07) is 4.14. The Morgan fingerprint density at radius 1 is 1.10 bits per heavy atom. The van der Waals surface area contributed by atoms with E-state index in [1.807, 2.05) is 0 Å². The Bertz CT molecular complexity index is 541. The third kappa shape index (κ3) is 6.56. The quantitative estimate of drug-likeness (QED) is 0.848. The molecular weight excluding hydrogens is 287 g/mol. The molecule has 4 nitrogen and oxygen atoms in total. The zero-order chi connectivity index (χ0) is 16.4. The molecule has 0 saturated carbocycles. The summed E-state index contributed by atoms with van der Waals surface area (Å²) >= 11 is 0. The van der Waals surface area contributed by atoms with Crippen LogP contribution < -0.4 is 0 Å². The highest BCUT2D eigenvalue weighted by Crippen LogP contribution is 2.19. The lowest BCUT2D eigenvalue weighted by Crippen LogP contribution is -2.00. The molecule has 0 amide bonds. The lowest BCUT2D eigenvalue weighted by molar-refractivity contribution is -0.139. The van der Waals surface area contributed by atoms with Crippen LogP contribution in [0.3, 0.4) is 0 Å². The number of carboxylic acid groups (broad SMARTS) is 1. The van der Waals surface area contributed by atoms with Crippen LogP contribution in [0.1, 0.15) is 35.6 Å². The molecule has 1 aromatic rings. The average molecular weight is 301 g/mol. The number of carboxylic acids is 1. The Labute approximate surface area is 119 Å². The molecule has 1 N–H and O–H groups in total. The summed E-state index contributed by atoms with van der Waals surface area (Å²) in [5, 5.41) is 16.5. The summed E-state index contributed by atoms with van der Waals surface area (Å²) in [4.78, 5) is 19.5. The monoisotopic (exact) mass is 301 g/mol. The third-order valence-electron chi connectivity index (χ3n) is 2.38. The number of ketones is 1. The number of aliphatic carboxylic acids is 1. The smallest absolute Gasteiger partial charge is 0.310 e. The first kappa shape index (κ1) is 18.6. The number of halogens is 3. The lowest BCUT2D eigenvalue weighted by Gasteiger charge is -2.06. The molecule has 1 rings (SSSR count). The van der Waals surface area contributed by atoms with Gasteiger partial charge in [0.1, 0.15) is 32.2 Å². The van der Waals surface area contributed by atoms with Gasteiger partial charge in [-0.2, -0.15) is 5.26 Å². The number of carbonyl (C=O) groups is 2. The molecule has 0 unspecified atom stereocenters. The number of nitrogens with zero attached hydrogens (tertiary/aromatic N) is 1. The highest BCUT2D eigenvalue weighted by Gasteiger charge is 2.09. The highest BCUT2D eigenvalue weighted by molar-refractivity contribution is 5.93. The van der Waals surface area contributed by atoms with E-state index < -0.39 is 26.0 Å². The molecule has 0 saturated heterocycles. The summed E-state index contributed by atoms with van der Waals surface area (Å²) in [6.07, 6.45) is -0.361. The van der Waals surface area contributed by atoms with Gasteiger partial charge in [-0.3, -0.25) is 9.59 Å². The SMILES string of the molecule is CC(=O)CC(=O)O.N#Cc1cc(CF)c(CF)cc1CF. The summed E-state index contributed by atoms with van der Waals surface area (Å²) in [5.41, 5.74) is 0.398. The maximum absolute atomic E-state index is 12.4. The predicted octanol–water partition coefficient (Wildman–Crippen LogP) is 3.02. The van der Waals surface area contributed by atoms with Crippen molar-refractivity contribution < 1.29 is 27.9 Å². The van der Waals surface area contributed by atoms with Crippen LogP contribution in [0.2, 0.25) is 0 Å². The van der Waals surface area contributed by atoms with E-state index in [1.54, 1.807) is 6.07 Å². The number of hydrogen-bond donors (Lipinski definition) is 1. The molecule has 0 radical (unpaired) electrons.